The third kappa shape index (κ3) is 3.69. The van der Waals surface area contributed by atoms with Crippen molar-refractivity contribution in [1.82, 2.24) is 4.90 Å². The molecule has 1 aliphatic heterocycles. The summed E-state index contributed by atoms with van der Waals surface area (Å²) < 4.78 is 0. The zero-order chi connectivity index (χ0) is 15.2. The van der Waals surface area contributed by atoms with E-state index in [1.165, 1.54) is 12.1 Å². The lowest BCUT2D eigenvalue weighted by atomic mass is 10.1. The van der Waals surface area contributed by atoms with Crippen molar-refractivity contribution < 1.29 is 9.72 Å². The van der Waals surface area contributed by atoms with E-state index in [0.29, 0.717) is 18.7 Å². The number of hydrogen-bond acceptors (Lipinski definition) is 5. The second-order valence-electron chi connectivity index (χ2n) is 4.87. The van der Waals surface area contributed by atoms with Gasteiger partial charge in [-0.15, -0.1) is 0 Å². The first-order valence-electron chi connectivity index (χ1n) is 6.82. The Morgan fingerprint density at radius 2 is 2.14 bits per heavy atom. The molecule has 0 unspecified atom stereocenters. The second-order valence-corrected chi connectivity index (χ2v) is 4.87. The summed E-state index contributed by atoms with van der Waals surface area (Å²) in [4.78, 5) is 23.8. The van der Waals surface area contributed by atoms with Gasteiger partial charge in [-0.25, -0.2) is 0 Å². The van der Waals surface area contributed by atoms with Gasteiger partial charge in [-0.2, -0.15) is 5.26 Å². The Kier molecular flexibility index (Phi) is 4.72. The Morgan fingerprint density at radius 1 is 1.43 bits per heavy atom. The van der Waals surface area contributed by atoms with E-state index in [2.05, 4.69) is 5.32 Å². The summed E-state index contributed by atoms with van der Waals surface area (Å²) >= 11 is 0. The summed E-state index contributed by atoms with van der Waals surface area (Å²) in [5.41, 5.74) is 0.401. The van der Waals surface area contributed by atoms with Gasteiger partial charge in [-0.3, -0.25) is 14.9 Å². The number of nitriles is 1. The van der Waals surface area contributed by atoms with E-state index in [0.717, 1.165) is 25.9 Å². The molecule has 110 valence electrons. The lowest BCUT2D eigenvalue weighted by Gasteiger charge is -2.15. The van der Waals surface area contributed by atoms with Crippen LogP contribution in [0, 0.1) is 21.4 Å². The van der Waals surface area contributed by atoms with Crippen molar-refractivity contribution in [2.45, 2.75) is 19.3 Å². The van der Waals surface area contributed by atoms with Gasteiger partial charge >= 0.3 is 0 Å². The predicted octanol–water partition coefficient (Wildman–Crippen LogP) is 1.89. The third-order valence-corrected chi connectivity index (χ3v) is 3.44. The SMILES string of the molecule is N#Cc1cc(NCCC(=O)N2CCCC2)ccc1[N+](=O)[O-]. The highest BCUT2D eigenvalue weighted by molar-refractivity contribution is 5.77. The van der Waals surface area contributed by atoms with Gasteiger partial charge in [0.15, 0.2) is 0 Å². The summed E-state index contributed by atoms with van der Waals surface area (Å²) in [5, 5.41) is 22.7. The van der Waals surface area contributed by atoms with E-state index in [1.54, 1.807) is 12.1 Å². The van der Waals surface area contributed by atoms with E-state index in [4.69, 9.17) is 5.26 Å². The maximum atomic E-state index is 11.8. The van der Waals surface area contributed by atoms with Gasteiger partial charge < -0.3 is 10.2 Å². The molecule has 0 atom stereocenters. The first kappa shape index (κ1) is 14.8. The van der Waals surface area contributed by atoms with Gasteiger partial charge in [-0.05, 0) is 25.0 Å². The zero-order valence-electron chi connectivity index (χ0n) is 11.5. The number of amides is 1. The number of benzene rings is 1. The van der Waals surface area contributed by atoms with Crippen molar-refractivity contribution in [3.05, 3.63) is 33.9 Å². The summed E-state index contributed by atoms with van der Waals surface area (Å²) in [7, 11) is 0. The second kappa shape index (κ2) is 6.70. The largest absolute Gasteiger partial charge is 0.384 e. The van der Waals surface area contributed by atoms with Crippen LogP contribution in [0.5, 0.6) is 0 Å². The van der Waals surface area contributed by atoms with Crippen molar-refractivity contribution in [2.24, 2.45) is 0 Å². The van der Waals surface area contributed by atoms with Gasteiger partial charge in [-0.1, -0.05) is 0 Å². The summed E-state index contributed by atoms with van der Waals surface area (Å²) in [5.74, 6) is 0.113. The lowest BCUT2D eigenvalue weighted by molar-refractivity contribution is -0.385. The molecule has 0 aliphatic carbocycles. The van der Waals surface area contributed by atoms with Crippen LogP contribution >= 0.6 is 0 Å². The van der Waals surface area contributed by atoms with Crippen molar-refractivity contribution in [3.63, 3.8) is 0 Å². The monoisotopic (exact) mass is 288 g/mol. The zero-order valence-corrected chi connectivity index (χ0v) is 11.5. The molecule has 0 spiro atoms. The van der Waals surface area contributed by atoms with Crippen LogP contribution in [-0.4, -0.2) is 35.4 Å². The van der Waals surface area contributed by atoms with Crippen LogP contribution in [-0.2, 0) is 4.79 Å². The highest BCUT2D eigenvalue weighted by atomic mass is 16.6. The van der Waals surface area contributed by atoms with Crippen LogP contribution in [0.25, 0.3) is 0 Å². The molecular formula is C14H16N4O3. The van der Waals surface area contributed by atoms with Gasteiger partial charge in [0.1, 0.15) is 11.6 Å². The number of nitrogens with one attached hydrogen (secondary N) is 1. The Hall–Kier alpha value is -2.62. The highest BCUT2D eigenvalue weighted by Crippen LogP contribution is 2.21. The molecule has 0 aromatic heterocycles. The van der Waals surface area contributed by atoms with E-state index >= 15 is 0 Å². The van der Waals surface area contributed by atoms with Crippen molar-refractivity contribution >= 4 is 17.3 Å². The molecular weight excluding hydrogens is 272 g/mol. The molecule has 1 amide bonds. The molecule has 1 aliphatic rings. The molecule has 0 saturated carbocycles. The minimum absolute atomic E-state index is 0.0101. The molecule has 1 fully saturated rings. The number of nitrogens with zero attached hydrogens (tertiary/aromatic N) is 3. The number of hydrogen-bond donors (Lipinski definition) is 1. The van der Waals surface area contributed by atoms with Gasteiger partial charge in [0.25, 0.3) is 5.69 Å². The first-order chi connectivity index (χ1) is 10.1. The summed E-state index contributed by atoms with van der Waals surface area (Å²) in [6, 6.07) is 6.07. The van der Waals surface area contributed by atoms with Gasteiger partial charge in [0, 0.05) is 37.8 Å². The Morgan fingerprint density at radius 3 is 2.76 bits per heavy atom. The number of likely N-dealkylation sites (tertiary alicyclic amines) is 1. The molecule has 0 radical (unpaired) electrons. The molecule has 1 N–H and O–H groups in total. The van der Waals surface area contributed by atoms with Crippen LogP contribution in [0.1, 0.15) is 24.8 Å². The standard InChI is InChI=1S/C14H16N4O3/c15-10-11-9-12(3-4-13(11)18(20)21)16-6-5-14(19)17-7-1-2-8-17/h3-4,9,16H,1-2,5-8H2. The number of nitro groups is 1. The molecule has 1 aromatic rings. The van der Waals surface area contributed by atoms with E-state index < -0.39 is 4.92 Å². The van der Waals surface area contributed by atoms with Crippen LogP contribution in [0.2, 0.25) is 0 Å². The summed E-state index contributed by atoms with van der Waals surface area (Å²) in [6.45, 7) is 2.10. The minimum atomic E-state index is -0.584. The molecule has 21 heavy (non-hydrogen) atoms. The average molecular weight is 288 g/mol. The van der Waals surface area contributed by atoms with Crippen molar-refractivity contribution in [3.8, 4) is 6.07 Å². The first-order valence-corrected chi connectivity index (χ1v) is 6.82. The number of rotatable bonds is 5. The number of carbonyl (C=O) groups is 1. The Balaban J connectivity index is 1.90. The molecule has 1 heterocycles. The van der Waals surface area contributed by atoms with E-state index in [-0.39, 0.29) is 17.2 Å². The quantitative estimate of drug-likeness (QED) is 0.658. The minimum Gasteiger partial charge on any atom is -0.384 e. The molecule has 1 saturated heterocycles. The van der Waals surface area contributed by atoms with Crippen LogP contribution in [0.15, 0.2) is 18.2 Å². The predicted molar refractivity (Wildman–Crippen MR) is 76.7 cm³/mol. The van der Waals surface area contributed by atoms with E-state index in [9.17, 15) is 14.9 Å². The van der Waals surface area contributed by atoms with Crippen LogP contribution in [0.3, 0.4) is 0 Å². The highest BCUT2D eigenvalue weighted by Gasteiger charge is 2.17. The Labute approximate surface area is 122 Å². The smallest absolute Gasteiger partial charge is 0.287 e. The maximum absolute atomic E-state index is 11.8. The normalized spacial score (nSPS) is 13.8. The van der Waals surface area contributed by atoms with E-state index in [1.807, 2.05) is 4.90 Å². The van der Waals surface area contributed by atoms with Crippen LogP contribution < -0.4 is 5.32 Å². The molecule has 2 rings (SSSR count). The fourth-order valence-electron chi connectivity index (χ4n) is 2.33. The van der Waals surface area contributed by atoms with Crippen molar-refractivity contribution in [1.29, 1.82) is 5.26 Å². The maximum Gasteiger partial charge on any atom is 0.287 e. The summed E-state index contributed by atoms with van der Waals surface area (Å²) in [6.07, 6.45) is 2.50. The number of anilines is 1. The van der Waals surface area contributed by atoms with Gasteiger partial charge in [0.2, 0.25) is 5.91 Å². The third-order valence-electron chi connectivity index (χ3n) is 3.44. The molecule has 7 nitrogen and oxygen atoms in total. The fourth-order valence-corrected chi connectivity index (χ4v) is 2.33. The molecule has 0 bridgehead atoms. The lowest BCUT2D eigenvalue weighted by Crippen LogP contribution is -2.29. The molecule has 1 aromatic carbocycles. The number of nitro benzene ring substituents is 1. The average Bonchev–Trinajstić information content (AvgIpc) is 3.01. The molecule has 7 heteroatoms. The van der Waals surface area contributed by atoms with Crippen LogP contribution in [0.4, 0.5) is 11.4 Å². The van der Waals surface area contributed by atoms with Crippen molar-refractivity contribution in [2.75, 3.05) is 25.0 Å². The van der Waals surface area contributed by atoms with Gasteiger partial charge in [0.05, 0.1) is 4.92 Å². The number of carbonyl (C=O) groups excluding carboxylic acids is 1. The fraction of sp³-hybridized carbons (Fsp3) is 0.429. The topological polar surface area (TPSA) is 99.3 Å². The Bertz CT molecular complexity index is 588.